The van der Waals surface area contributed by atoms with Gasteiger partial charge in [-0.25, -0.2) is 8.42 Å². The van der Waals surface area contributed by atoms with Crippen molar-refractivity contribution in [2.24, 2.45) is 11.3 Å². The lowest BCUT2D eigenvalue weighted by Gasteiger charge is -2.33. The van der Waals surface area contributed by atoms with E-state index in [-0.39, 0.29) is 61.4 Å². The highest BCUT2D eigenvalue weighted by Gasteiger charge is 2.50. The summed E-state index contributed by atoms with van der Waals surface area (Å²) in [4.78, 5) is 30.6. The van der Waals surface area contributed by atoms with Crippen LogP contribution >= 0.6 is 23.2 Å². The number of carbonyl (C=O) groups excluding carboxylic acids is 2. The number of hydrogen-bond acceptors (Lipinski definition) is 12. The molecule has 6 rings (SSSR count). The minimum atomic E-state index is -5.44. The Hall–Kier alpha value is -4.31. The summed E-state index contributed by atoms with van der Waals surface area (Å²) < 4.78 is 102. The topological polar surface area (TPSA) is 176 Å². The fourth-order valence-electron chi connectivity index (χ4n) is 10.9. The van der Waals surface area contributed by atoms with Gasteiger partial charge in [-0.2, -0.15) is 17.5 Å². The smallest absolute Gasteiger partial charge is 0.485 e. The Morgan fingerprint density at radius 2 is 1.29 bits per heavy atom. The lowest BCUT2D eigenvalue weighted by atomic mass is 9.83. The number of carbonyl (C=O) groups is 2. The lowest BCUT2D eigenvalue weighted by Crippen LogP contribution is -2.47. The molecular formula is C66H96Cl2F3N5O10S. The van der Waals surface area contributed by atoms with Gasteiger partial charge >= 0.3 is 15.5 Å². The van der Waals surface area contributed by atoms with Crippen molar-refractivity contribution in [1.82, 2.24) is 19.9 Å². The highest BCUT2D eigenvalue weighted by molar-refractivity contribution is 7.90. The number of amides is 2. The van der Waals surface area contributed by atoms with Crippen LogP contribution in [0.2, 0.25) is 10.0 Å². The number of benzene rings is 3. The Labute approximate surface area is 525 Å². The normalized spacial score (nSPS) is 17.6. The maximum Gasteiger partial charge on any atom is 0.511 e. The molecule has 1 aliphatic heterocycles. The number of piperidine rings is 1. The fourth-order valence-corrected chi connectivity index (χ4v) is 12.2. The van der Waals surface area contributed by atoms with Crippen molar-refractivity contribution >= 4 is 61.6 Å². The monoisotopic (exact) mass is 1280 g/mol. The van der Waals surface area contributed by atoms with Crippen molar-refractivity contribution in [2.75, 3.05) is 77.7 Å². The van der Waals surface area contributed by atoms with Crippen molar-refractivity contribution in [1.29, 1.82) is 0 Å². The molecule has 0 radical (unpaired) electrons. The predicted molar refractivity (Wildman–Crippen MR) is 339 cm³/mol. The largest absolute Gasteiger partial charge is 0.511 e. The van der Waals surface area contributed by atoms with E-state index in [0.29, 0.717) is 127 Å². The van der Waals surface area contributed by atoms with Gasteiger partial charge in [-0.15, -0.1) is 0 Å². The van der Waals surface area contributed by atoms with E-state index in [9.17, 15) is 31.2 Å². The molecule has 1 atom stereocenters. The van der Waals surface area contributed by atoms with Crippen molar-refractivity contribution < 1.29 is 59.6 Å². The second kappa shape index (κ2) is 33.1. The Balaban J connectivity index is 0.897. The summed E-state index contributed by atoms with van der Waals surface area (Å²) in [7, 11) is -5.44. The Kier molecular flexibility index (Phi) is 27.3. The summed E-state index contributed by atoms with van der Waals surface area (Å²) in [6.45, 7) is 22.4. The number of nitrogens with zero attached hydrogens (tertiary/aromatic N) is 2. The van der Waals surface area contributed by atoms with Gasteiger partial charge in [-0.3, -0.25) is 14.6 Å². The maximum absolute atomic E-state index is 13.4. The first kappa shape index (κ1) is 71.8. The molecule has 21 heteroatoms. The van der Waals surface area contributed by atoms with Gasteiger partial charge in [0.15, 0.2) is 0 Å². The quantitative estimate of drug-likeness (QED) is 0.0294. The predicted octanol–water partition coefficient (Wildman–Crippen LogP) is 14.2. The zero-order valence-electron chi connectivity index (χ0n) is 52.7. The molecule has 3 aromatic carbocycles. The number of ether oxygens (including phenoxy) is 6. The van der Waals surface area contributed by atoms with E-state index in [0.717, 1.165) is 68.2 Å². The fraction of sp³-hybridized carbons (Fsp3) is 0.652. The molecule has 1 aliphatic carbocycles. The van der Waals surface area contributed by atoms with Gasteiger partial charge in [-0.05, 0) is 191 Å². The van der Waals surface area contributed by atoms with Crippen LogP contribution in [0.3, 0.4) is 0 Å². The van der Waals surface area contributed by atoms with Crippen LogP contribution in [0.15, 0.2) is 72.9 Å². The standard InChI is InChI=1S/C66H96Cl2F3N5O10S/c1-10-65(9,32-42-84-62(2,3)4)61(78)74-34-12-38-81-40-29-47-13-23-54(24-14-47)83-44-43-82-39-11-33-72-58(77)25-30-63(5,6)85-41-31-64(7,8)86-57-46-50(59(48-15-19-51(67)20-16-48)49-17-21-52(68)22-18-49)45-55-56(26-35-73-60(55)57)75-53-27-36-76(37-28-53)87(79,80)66(69,70)71/h15-22,26,35,45-47,53-54,59H,10-14,23-25,27-34,36-44H2,1-9H3,(H,72,77)(H,73,75)(H,74,78). The Bertz CT molecular complexity index is 2840. The van der Waals surface area contributed by atoms with Crippen LogP contribution in [0.1, 0.15) is 175 Å². The molecule has 2 heterocycles. The summed E-state index contributed by atoms with van der Waals surface area (Å²) >= 11 is 12.8. The highest BCUT2D eigenvalue weighted by Crippen LogP contribution is 2.42. The molecular weight excluding hydrogens is 1180 g/mol. The molecule has 1 saturated heterocycles. The maximum atomic E-state index is 13.4. The molecule has 0 spiro atoms. The number of alkyl halides is 3. The molecule has 0 bridgehead atoms. The Morgan fingerprint density at radius 3 is 1.89 bits per heavy atom. The lowest BCUT2D eigenvalue weighted by molar-refractivity contribution is -0.132. The molecule has 15 nitrogen and oxygen atoms in total. The van der Waals surface area contributed by atoms with E-state index in [1.807, 2.05) is 116 Å². The van der Waals surface area contributed by atoms with Crippen molar-refractivity contribution in [3.05, 3.63) is 99.7 Å². The van der Waals surface area contributed by atoms with Gasteiger partial charge < -0.3 is 44.4 Å². The number of hydrogen-bond donors (Lipinski definition) is 3. The van der Waals surface area contributed by atoms with Gasteiger partial charge in [0.2, 0.25) is 11.8 Å². The molecule has 2 amide bonds. The number of aromatic nitrogens is 1. The third-order valence-electron chi connectivity index (χ3n) is 16.7. The molecule has 486 valence electrons. The van der Waals surface area contributed by atoms with E-state index >= 15 is 0 Å². The molecule has 1 unspecified atom stereocenters. The zero-order valence-corrected chi connectivity index (χ0v) is 55.0. The molecule has 1 saturated carbocycles. The summed E-state index contributed by atoms with van der Waals surface area (Å²) in [6, 6.07) is 20.7. The van der Waals surface area contributed by atoms with Crippen molar-refractivity contribution in [3.8, 4) is 5.75 Å². The summed E-state index contributed by atoms with van der Waals surface area (Å²) in [6.07, 6.45) is 11.8. The van der Waals surface area contributed by atoms with E-state index < -0.39 is 32.1 Å². The first-order valence-electron chi connectivity index (χ1n) is 31.1. The van der Waals surface area contributed by atoms with Gasteiger partial charge in [-0.1, -0.05) is 61.3 Å². The van der Waals surface area contributed by atoms with E-state index in [2.05, 4.69) is 22.9 Å². The third-order valence-corrected chi connectivity index (χ3v) is 18.8. The minimum absolute atomic E-state index is 0.0568. The average molecular weight is 1280 g/mol. The van der Waals surface area contributed by atoms with Crippen LogP contribution < -0.4 is 20.7 Å². The number of sulfonamides is 1. The van der Waals surface area contributed by atoms with Crippen LogP contribution in [-0.2, 0) is 43.3 Å². The number of halogens is 5. The molecule has 3 N–H and O–H groups in total. The van der Waals surface area contributed by atoms with Crippen molar-refractivity contribution in [3.63, 3.8) is 0 Å². The number of rotatable bonds is 35. The number of fused-ring (bicyclic) bond motifs is 1. The molecule has 4 aromatic rings. The number of pyridine rings is 1. The SMILES string of the molecule is CCC(C)(CCOC(C)(C)C)C(=O)NCCCOCCC1CCC(OCCOCCCNC(=O)CCC(C)(C)OCCC(C)(C)Oc2cc(C(c3ccc(Cl)cc3)c3ccc(Cl)cc3)cc3c(NC4CCN(S(=O)(=O)C(F)(F)F)CC4)ccnc23)CC1. The van der Waals surface area contributed by atoms with E-state index in [1.54, 1.807) is 12.3 Å². The first-order valence-corrected chi connectivity index (χ1v) is 33.3. The van der Waals surface area contributed by atoms with Crippen LogP contribution in [0.5, 0.6) is 5.75 Å². The zero-order chi connectivity index (χ0) is 63.5. The average Bonchev–Trinajstić information content (AvgIpc) is 2.81. The summed E-state index contributed by atoms with van der Waals surface area (Å²) in [5.41, 5.74) is -3.44. The third kappa shape index (κ3) is 23.2. The van der Waals surface area contributed by atoms with E-state index in [1.165, 1.54) is 0 Å². The van der Waals surface area contributed by atoms with E-state index in [4.69, 9.17) is 56.6 Å². The van der Waals surface area contributed by atoms with Crippen LogP contribution in [0.25, 0.3) is 10.9 Å². The summed E-state index contributed by atoms with van der Waals surface area (Å²) in [5, 5.41) is 11.5. The molecule has 2 aliphatic rings. The minimum Gasteiger partial charge on any atom is -0.485 e. The van der Waals surface area contributed by atoms with Crippen LogP contribution in [0, 0.1) is 11.3 Å². The van der Waals surface area contributed by atoms with Gasteiger partial charge in [0, 0.05) is 110 Å². The number of nitrogens with one attached hydrogen (secondary N) is 3. The van der Waals surface area contributed by atoms with Gasteiger partial charge in [0.1, 0.15) is 16.9 Å². The Morgan fingerprint density at radius 1 is 0.690 bits per heavy atom. The van der Waals surface area contributed by atoms with Crippen molar-refractivity contribution in [2.45, 2.75) is 193 Å². The second-order valence-electron chi connectivity index (χ2n) is 25.8. The molecule has 2 fully saturated rings. The molecule has 1 aromatic heterocycles. The number of anilines is 1. The highest BCUT2D eigenvalue weighted by atomic mass is 35.5. The van der Waals surface area contributed by atoms with Crippen LogP contribution in [-0.4, -0.2) is 136 Å². The summed E-state index contributed by atoms with van der Waals surface area (Å²) in [5.74, 6) is 0.840. The van der Waals surface area contributed by atoms with Crippen LogP contribution in [0.4, 0.5) is 18.9 Å². The first-order chi connectivity index (χ1) is 41.1. The van der Waals surface area contributed by atoms with Gasteiger partial charge in [0.05, 0.1) is 37.1 Å². The van der Waals surface area contributed by atoms with Gasteiger partial charge in [0.25, 0.3) is 0 Å². The molecule has 87 heavy (non-hydrogen) atoms. The second-order valence-corrected chi connectivity index (χ2v) is 28.6.